The quantitative estimate of drug-likeness (QED) is 0.786. The number of aliphatic carboxylic acids is 1. The Labute approximate surface area is 132 Å². The van der Waals surface area contributed by atoms with E-state index < -0.39 is 11.5 Å². The van der Waals surface area contributed by atoms with Crippen LogP contribution in [0.2, 0.25) is 0 Å². The van der Waals surface area contributed by atoms with E-state index in [1.807, 2.05) is 26.0 Å². The van der Waals surface area contributed by atoms with Crippen molar-refractivity contribution in [3.05, 3.63) is 28.7 Å². The van der Waals surface area contributed by atoms with Gasteiger partial charge in [-0.25, -0.2) is 0 Å². The van der Waals surface area contributed by atoms with Crippen molar-refractivity contribution < 1.29 is 19.4 Å². The molecule has 0 fully saturated rings. The second kappa shape index (κ2) is 7.45. The van der Waals surface area contributed by atoms with E-state index in [4.69, 9.17) is 9.84 Å². The molecule has 0 spiro atoms. The highest BCUT2D eigenvalue weighted by molar-refractivity contribution is 9.10. The van der Waals surface area contributed by atoms with E-state index in [2.05, 4.69) is 21.2 Å². The molecule has 0 heterocycles. The average molecular weight is 358 g/mol. The predicted octanol–water partition coefficient (Wildman–Crippen LogP) is 2.83. The first-order valence-corrected chi connectivity index (χ1v) is 7.43. The van der Waals surface area contributed by atoms with Crippen LogP contribution < -0.4 is 10.1 Å². The molecule has 0 saturated heterocycles. The zero-order valence-electron chi connectivity index (χ0n) is 12.4. The Morgan fingerprint density at radius 2 is 1.90 bits per heavy atom. The Morgan fingerprint density at radius 1 is 1.33 bits per heavy atom. The standard InChI is InChI=1S/C15H20BrNO4/c1-10(2)15(3,8-14(19)20)17-13(18)9-21-12-6-4-11(16)5-7-12/h4-7,10H,8-9H2,1-3H3,(H,17,18)(H,19,20). The highest BCUT2D eigenvalue weighted by Gasteiger charge is 2.32. The van der Waals surface area contributed by atoms with Crippen molar-refractivity contribution in [1.82, 2.24) is 5.32 Å². The van der Waals surface area contributed by atoms with E-state index in [-0.39, 0.29) is 24.9 Å². The summed E-state index contributed by atoms with van der Waals surface area (Å²) in [7, 11) is 0. The highest BCUT2D eigenvalue weighted by Crippen LogP contribution is 2.21. The van der Waals surface area contributed by atoms with Gasteiger partial charge in [-0.15, -0.1) is 0 Å². The van der Waals surface area contributed by atoms with Crippen molar-refractivity contribution in [2.45, 2.75) is 32.7 Å². The van der Waals surface area contributed by atoms with Gasteiger partial charge >= 0.3 is 5.97 Å². The summed E-state index contributed by atoms with van der Waals surface area (Å²) in [6.07, 6.45) is -0.130. The number of ether oxygens (including phenoxy) is 1. The van der Waals surface area contributed by atoms with Crippen molar-refractivity contribution in [2.24, 2.45) is 5.92 Å². The Kier molecular flexibility index (Phi) is 6.20. The number of carboxylic acid groups (broad SMARTS) is 1. The summed E-state index contributed by atoms with van der Waals surface area (Å²) in [5, 5.41) is 11.7. The molecule has 21 heavy (non-hydrogen) atoms. The van der Waals surface area contributed by atoms with Gasteiger partial charge in [-0.1, -0.05) is 29.8 Å². The maximum Gasteiger partial charge on any atom is 0.305 e. The number of carboxylic acids is 1. The molecule has 0 aliphatic rings. The topological polar surface area (TPSA) is 75.6 Å². The lowest BCUT2D eigenvalue weighted by molar-refractivity contribution is -0.139. The second-order valence-corrected chi connectivity index (χ2v) is 6.35. The smallest absolute Gasteiger partial charge is 0.305 e. The Balaban J connectivity index is 2.58. The van der Waals surface area contributed by atoms with Crippen LogP contribution in [0.4, 0.5) is 0 Å². The number of rotatable bonds is 7. The highest BCUT2D eigenvalue weighted by atomic mass is 79.9. The molecule has 1 rings (SSSR count). The molecule has 0 saturated carbocycles. The van der Waals surface area contributed by atoms with Crippen LogP contribution in [0, 0.1) is 5.92 Å². The summed E-state index contributed by atoms with van der Waals surface area (Å²) < 4.78 is 6.30. The first-order chi connectivity index (χ1) is 9.73. The molecular formula is C15H20BrNO4. The van der Waals surface area contributed by atoms with Gasteiger partial charge in [-0.3, -0.25) is 9.59 Å². The van der Waals surface area contributed by atoms with Crippen molar-refractivity contribution in [1.29, 1.82) is 0 Å². The van der Waals surface area contributed by atoms with E-state index in [1.165, 1.54) is 0 Å². The van der Waals surface area contributed by atoms with Crippen LogP contribution in [0.25, 0.3) is 0 Å². The molecule has 0 aromatic heterocycles. The third-order valence-electron chi connectivity index (χ3n) is 3.40. The molecule has 6 heteroatoms. The molecule has 0 aliphatic heterocycles. The molecular weight excluding hydrogens is 338 g/mol. The van der Waals surface area contributed by atoms with E-state index in [0.717, 1.165) is 4.47 Å². The monoisotopic (exact) mass is 357 g/mol. The van der Waals surface area contributed by atoms with Gasteiger partial charge in [0.15, 0.2) is 6.61 Å². The van der Waals surface area contributed by atoms with Crippen LogP contribution in [0.1, 0.15) is 27.2 Å². The van der Waals surface area contributed by atoms with Gasteiger partial charge in [0.2, 0.25) is 0 Å². The maximum absolute atomic E-state index is 11.9. The van der Waals surface area contributed by atoms with Crippen LogP contribution in [-0.4, -0.2) is 29.1 Å². The van der Waals surface area contributed by atoms with Crippen LogP contribution in [-0.2, 0) is 9.59 Å². The number of halogens is 1. The Hall–Kier alpha value is -1.56. The largest absolute Gasteiger partial charge is 0.484 e. The lowest BCUT2D eigenvalue weighted by atomic mass is 9.85. The Morgan fingerprint density at radius 3 is 2.38 bits per heavy atom. The molecule has 1 aromatic carbocycles. The fourth-order valence-corrected chi connectivity index (χ4v) is 2.01. The molecule has 5 nitrogen and oxygen atoms in total. The summed E-state index contributed by atoms with van der Waals surface area (Å²) >= 11 is 3.31. The van der Waals surface area contributed by atoms with Gasteiger partial charge in [0.05, 0.1) is 12.0 Å². The van der Waals surface area contributed by atoms with E-state index in [0.29, 0.717) is 5.75 Å². The molecule has 0 radical (unpaired) electrons. The number of hydrogen-bond donors (Lipinski definition) is 2. The first-order valence-electron chi connectivity index (χ1n) is 6.64. The molecule has 0 aliphatic carbocycles. The number of carbonyl (C=O) groups is 2. The van der Waals surface area contributed by atoms with E-state index >= 15 is 0 Å². The van der Waals surface area contributed by atoms with Crippen LogP contribution >= 0.6 is 15.9 Å². The minimum Gasteiger partial charge on any atom is -0.484 e. The number of hydrogen-bond acceptors (Lipinski definition) is 3. The lowest BCUT2D eigenvalue weighted by Gasteiger charge is -2.33. The van der Waals surface area contributed by atoms with Gasteiger partial charge in [0.1, 0.15) is 5.75 Å². The summed E-state index contributed by atoms with van der Waals surface area (Å²) in [5.74, 6) is -0.709. The zero-order valence-corrected chi connectivity index (χ0v) is 13.9. The summed E-state index contributed by atoms with van der Waals surface area (Å²) in [4.78, 5) is 22.9. The van der Waals surface area contributed by atoms with Crippen molar-refractivity contribution in [3.8, 4) is 5.75 Å². The third-order valence-corrected chi connectivity index (χ3v) is 3.93. The molecule has 2 N–H and O–H groups in total. The van der Waals surface area contributed by atoms with Crippen LogP contribution in [0.15, 0.2) is 28.7 Å². The van der Waals surface area contributed by atoms with Crippen LogP contribution in [0.3, 0.4) is 0 Å². The zero-order chi connectivity index (χ0) is 16.0. The Bertz CT molecular complexity index is 501. The van der Waals surface area contributed by atoms with Crippen molar-refractivity contribution >= 4 is 27.8 Å². The number of amides is 1. The van der Waals surface area contributed by atoms with E-state index in [9.17, 15) is 9.59 Å². The van der Waals surface area contributed by atoms with Gasteiger partial charge in [-0.2, -0.15) is 0 Å². The van der Waals surface area contributed by atoms with Gasteiger partial charge in [0.25, 0.3) is 5.91 Å². The second-order valence-electron chi connectivity index (χ2n) is 5.43. The minimum atomic E-state index is -0.944. The van der Waals surface area contributed by atoms with E-state index in [1.54, 1.807) is 19.1 Å². The molecule has 1 atom stereocenters. The number of nitrogens with one attached hydrogen (secondary N) is 1. The average Bonchev–Trinajstić information content (AvgIpc) is 2.36. The summed E-state index contributed by atoms with van der Waals surface area (Å²) in [6, 6.07) is 7.12. The maximum atomic E-state index is 11.9. The fourth-order valence-electron chi connectivity index (χ4n) is 1.74. The first kappa shape index (κ1) is 17.5. The minimum absolute atomic E-state index is 0.00905. The number of carbonyl (C=O) groups excluding carboxylic acids is 1. The van der Waals surface area contributed by atoms with Crippen molar-refractivity contribution in [2.75, 3.05) is 6.61 Å². The molecule has 0 bridgehead atoms. The van der Waals surface area contributed by atoms with Gasteiger partial charge in [-0.05, 0) is 37.1 Å². The third kappa shape index (κ3) is 5.75. The normalized spacial score (nSPS) is 13.6. The van der Waals surface area contributed by atoms with Crippen LogP contribution in [0.5, 0.6) is 5.75 Å². The molecule has 116 valence electrons. The summed E-state index contributed by atoms with van der Waals surface area (Å²) in [6.45, 7) is 5.32. The van der Waals surface area contributed by atoms with Gasteiger partial charge in [0, 0.05) is 4.47 Å². The molecule has 1 aromatic rings. The van der Waals surface area contributed by atoms with Crippen molar-refractivity contribution in [3.63, 3.8) is 0 Å². The predicted molar refractivity (Wildman–Crippen MR) is 83.3 cm³/mol. The SMILES string of the molecule is CC(C)C(C)(CC(=O)O)NC(=O)COc1ccc(Br)cc1. The van der Waals surface area contributed by atoms with Gasteiger partial charge < -0.3 is 15.2 Å². The molecule has 1 amide bonds. The number of benzene rings is 1. The molecule has 1 unspecified atom stereocenters. The summed E-state index contributed by atoms with van der Waals surface area (Å²) in [5.41, 5.74) is -0.800. The lowest BCUT2D eigenvalue weighted by Crippen LogP contribution is -2.52. The fraction of sp³-hybridized carbons (Fsp3) is 0.467.